The fraction of sp³-hybridized carbons (Fsp3) is 0.667. The second kappa shape index (κ2) is 7.62. The van der Waals surface area contributed by atoms with Gasteiger partial charge in [-0.05, 0) is 43.9 Å². The molecule has 0 saturated heterocycles. The first-order valence-electron chi connectivity index (χ1n) is 8.26. The Hall–Kier alpha value is -0.570. The second-order valence-corrected chi connectivity index (χ2v) is 7.04. The van der Waals surface area contributed by atoms with Crippen molar-refractivity contribution in [3.63, 3.8) is 0 Å². The molecule has 2 N–H and O–H groups in total. The molecule has 0 heterocycles. The van der Waals surface area contributed by atoms with Gasteiger partial charge >= 0.3 is 0 Å². The van der Waals surface area contributed by atoms with Crippen LogP contribution in [0.4, 0.5) is 0 Å². The Labute approximate surface area is 134 Å². The number of benzene rings is 1. The van der Waals surface area contributed by atoms with Crippen LogP contribution in [0.3, 0.4) is 0 Å². The zero-order valence-corrected chi connectivity index (χ0v) is 14.3. The third-order valence-electron chi connectivity index (χ3n) is 5.02. The molecule has 1 saturated carbocycles. The van der Waals surface area contributed by atoms with Crippen LogP contribution in [0.5, 0.6) is 0 Å². The van der Waals surface area contributed by atoms with Crippen LogP contribution < -0.4 is 5.73 Å². The van der Waals surface area contributed by atoms with E-state index < -0.39 is 0 Å². The van der Waals surface area contributed by atoms with E-state index in [2.05, 4.69) is 37.9 Å². The van der Waals surface area contributed by atoms with E-state index >= 15 is 0 Å². The van der Waals surface area contributed by atoms with Crippen molar-refractivity contribution in [1.29, 1.82) is 0 Å². The Kier molecular flexibility index (Phi) is 6.09. The zero-order chi connectivity index (χ0) is 15.4. The number of hydrogen-bond acceptors (Lipinski definition) is 2. The molecular weight excluding hydrogens is 280 g/mol. The predicted octanol–water partition coefficient (Wildman–Crippen LogP) is 4.63. The highest BCUT2D eigenvalue weighted by atomic mass is 35.5. The lowest BCUT2D eigenvalue weighted by Gasteiger charge is -2.41. The Morgan fingerprint density at radius 3 is 2.67 bits per heavy atom. The summed E-state index contributed by atoms with van der Waals surface area (Å²) in [6.45, 7) is 4.52. The highest BCUT2D eigenvalue weighted by Gasteiger charge is 2.31. The van der Waals surface area contributed by atoms with Gasteiger partial charge in [0.05, 0.1) is 6.04 Å². The molecule has 1 aromatic carbocycles. The molecule has 2 rings (SSSR count). The van der Waals surface area contributed by atoms with E-state index in [1.165, 1.54) is 31.2 Å². The van der Waals surface area contributed by atoms with Gasteiger partial charge in [0.1, 0.15) is 0 Å². The van der Waals surface area contributed by atoms with Gasteiger partial charge in [0.15, 0.2) is 0 Å². The molecule has 0 aromatic heterocycles. The van der Waals surface area contributed by atoms with Crippen molar-refractivity contribution < 1.29 is 0 Å². The van der Waals surface area contributed by atoms with Gasteiger partial charge < -0.3 is 5.73 Å². The first-order chi connectivity index (χ1) is 10.0. The van der Waals surface area contributed by atoms with Gasteiger partial charge in [-0.3, -0.25) is 4.90 Å². The van der Waals surface area contributed by atoms with Crippen molar-refractivity contribution in [1.82, 2.24) is 4.90 Å². The fourth-order valence-electron chi connectivity index (χ4n) is 3.69. The van der Waals surface area contributed by atoms with E-state index in [4.69, 9.17) is 17.3 Å². The molecule has 1 aromatic rings. The average Bonchev–Trinajstić information content (AvgIpc) is 2.49. The van der Waals surface area contributed by atoms with Crippen LogP contribution in [0.15, 0.2) is 24.3 Å². The predicted molar refractivity (Wildman–Crippen MR) is 91.6 cm³/mol. The van der Waals surface area contributed by atoms with Crippen LogP contribution in [0, 0.1) is 5.92 Å². The van der Waals surface area contributed by atoms with Gasteiger partial charge in [-0.25, -0.2) is 0 Å². The van der Waals surface area contributed by atoms with Crippen molar-refractivity contribution in [2.24, 2.45) is 11.7 Å². The van der Waals surface area contributed by atoms with Crippen LogP contribution in [0.25, 0.3) is 0 Å². The van der Waals surface area contributed by atoms with Gasteiger partial charge in [-0.15, -0.1) is 0 Å². The first-order valence-corrected chi connectivity index (χ1v) is 8.64. The molecule has 0 amide bonds. The minimum Gasteiger partial charge on any atom is -0.326 e. The standard InChI is InChI=1S/C18H29ClN2/c1-4-17(20)18(15-10-5-6-11-16(15)19)21(3)14-9-7-8-13(2)12-14/h5-6,10-11,13-14,17-18H,4,7-9,12,20H2,1-3H3. The highest BCUT2D eigenvalue weighted by Crippen LogP contribution is 2.35. The number of rotatable bonds is 5. The Balaban J connectivity index is 2.25. The highest BCUT2D eigenvalue weighted by molar-refractivity contribution is 6.31. The molecule has 0 bridgehead atoms. The summed E-state index contributed by atoms with van der Waals surface area (Å²) in [5.74, 6) is 0.816. The first kappa shape index (κ1) is 16.8. The van der Waals surface area contributed by atoms with Crippen molar-refractivity contribution >= 4 is 11.6 Å². The Bertz CT molecular complexity index is 449. The van der Waals surface area contributed by atoms with Crippen LogP contribution in [0.1, 0.15) is 57.6 Å². The summed E-state index contributed by atoms with van der Waals surface area (Å²) in [5.41, 5.74) is 7.64. The Morgan fingerprint density at radius 1 is 1.33 bits per heavy atom. The molecule has 0 aliphatic heterocycles. The van der Waals surface area contributed by atoms with Gasteiger partial charge in [0.2, 0.25) is 0 Å². The molecule has 4 atom stereocenters. The summed E-state index contributed by atoms with van der Waals surface area (Å²) in [6.07, 6.45) is 6.20. The van der Waals surface area contributed by atoms with Gasteiger partial charge in [0.25, 0.3) is 0 Å². The summed E-state index contributed by atoms with van der Waals surface area (Å²) >= 11 is 6.45. The fourth-order valence-corrected chi connectivity index (χ4v) is 3.94. The van der Waals surface area contributed by atoms with E-state index in [0.717, 1.165) is 17.4 Å². The van der Waals surface area contributed by atoms with E-state index in [1.54, 1.807) is 0 Å². The van der Waals surface area contributed by atoms with Crippen LogP contribution in [-0.2, 0) is 0 Å². The summed E-state index contributed by atoms with van der Waals surface area (Å²) in [7, 11) is 2.23. The lowest BCUT2D eigenvalue weighted by molar-refractivity contribution is 0.102. The molecule has 0 radical (unpaired) electrons. The number of nitrogens with two attached hydrogens (primary N) is 1. The molecule has 1 aliphatic carbocycles. The number of nitrogens with zero attached hydrogens (tertiary/aromatic N) is 1. The van der Waals surface area contributed by atoms with Gasteiger partial charge in [-0.1, -0.05) is 56.5 Å². The van der Waals surface area contributed by atoms with Crippen molar-refractivity contribution in [2.75, 3.05) is 7.05 Å². The minimum absolute atomic E-state index is 0.118. The van der Waals surface area contributed by atoms with Crippen LogP contribution in [-0.4, -0.2) is 24.0 Å². The lowest BCUT2D eigenvalue weighted by Crippen LogP contribution is -2.45. The topological polar surface area (TPSA) is 29.3 Å². The molecule has 1 fully saturated rings. The van der Waals surface area contributed by atoms with Crippen molar-refractivity contribution in [3.8, 4) is 0 Å². The van der Waals surface area contributed by atoms with Crippen LogP contribution in [0.2, 0.25) is 5.02 Å². The summed E-state index contributed by atoms with van der Waals surface area (Å²) in [6, 6.07) is 9.10. The summed E-state index contributed by atoms with van der Waals surface area (Å²) in [4.78, 5) is 2.49. The molecule has 2 nitrogen and oxygen atoms in total. The van der Waals surface area contributed by atoms with Crippen LogP contribution >= 0.6 is 11.6 Å². The third kappa shape index (κ3) is 4.00. The smallest absolute Gasteiger partial charge is 0.0513 e. The van der Waals surface area contributed by atoms with Gasteiger partial charge in [-0.2, -0.15) is 0 Å². The molecular formula is C18H29ClN2. The van der Waals surface area contributed by atoms with Gasteiger partial charge in [0, 0.05) is 17.1 Å². The van der Waals surface area contributed by atoms with E-state index in [-0.39, 0.29) is 12.1 Å². The van der Waals surface area contributed by atoms with Crippen molar-refractivity contribution in [2.45, 2.75) is 64.1 Å². The molecule has 3 heteroatoms. The van der Waals surface area contributed by atoms with E-state index in [9.17, 15) is 0 Å². The maximum absolute atomic E-state index is 6.46. The molecule has 118 valence electrons. The monoisotopic (exact) mass is 308 g/mol. The average molecular weight is 309 g/mol. The minimum atomic E-state index is 0.118. The Morgan fingerprint density at radius 2 is 2.05 bits per heavy atom. The molecule has 1 aliphatic rings. The zero-order valence-electron chi connectivity index (χ0n) is 13.6. The third-order valence-corrected chi connectivity index (χ3v) is 5.37. The molecule has 21 heavy (non-hydrogen) atoms. The molecule has 0 spiro atoms. The SMILES string of the molecule is CCC(N)C(c1ccccc1Cl)N(C)C1CCCC(C)C1. The number of likely N-dealkylation sites (N-methyl/N-ethyl adjacent to an activating group) is 1. The quantitative estimate of drug-likeness (QED) is 0.859. The van der Waals surface area contributed by atoms with E-state index in [0.29, 0.717) is 6.04 Å². The second-order valence-electron chi connectivity index (χ2n) is 6.63. The summed E-state index contributed by atoms with van der Waals surface area (Å²) < 4.78 is 0. The van der Waals surface area contributed by atoms with Crippen molar-refractivity contribution in [3.05, 3.63) is 34.9 Å². The molecule has 4 unspecified atom stereocenters. The largest absolute Gasteiger partial charge is 0.326 e. The van der Waals surface area contributed by atoms with E-state index in [1.807, 2.05) is 12.1 Å². The number of halogens is 1. The normalized spacial score (nSPS) is 25.8. The number of hydrogen-bond donors (Lipinski definition) is 1. The maximum Gasteiger partial charge on any atom is 0.0513 e. The lowest BCUT2D eigenvalue weighted by atomic mass is 9.84. The summed E-state index contributed by atoms with van der Waals surface area (Å²) in [5, 5.41) is 0.835. The maximum atomic E-state index is 6.46.